The first kappa shape index (κ1) is 9.98. The summed E-state index contributed by atoms with van der Waals surface area (Å²) in [6.45, 7) is 0. The highest BCUT2D eigenvalue weighted by Crippen LogP contribution is 2.16. The Balaban J connectivity index is 2.27. The van der Waals surface area contributed by atoms with Crippen LogP contribution in [0.15, 0.2) is 24.7 Å². The number of carbonyl (C=O) groups is 1. The molecule has 0 aliphatic heterocycles. The number of hydrogen-bond donors (Lipinski definition) is 1. The van der Waals surface area contributed by atoms with Crippen molar-refractivity contribution in [3.8, 4) is 0 Å². The van der Waals surface area contributed by atoms with E-state index >= 15 is 0 Å². The summed E-state index contributed by atoms with van der Waals surface area (Å²) in [6.07, 6.45) is 4.11. The second-order valence-electron chi connectivity index (χ2n) is 3.26. The molecule has 0 amide bonds. The Kier molecular flexibility index (Phi) is 2.60. The summed E-state index contributed by atoms with van der Waals surface area (Å²) in [5.74, 6) is -0.793. The van der Waals surface area contributed by atoms with Crippen LogP contribution in [0.25, 0.3) is 5.52 Å². The van der Waals surface area contributed by atoms with Crippen LogP contribution < -0.4 is 0 Å². The molecule has 0 bridgehead atoms. The van der Waals surface area contributed by atoms with Crippen LogP contribution in [0.2, 0.25) is 5.15 Å². The smallest absolute Gasteiger partial charge is 0.303 e. The second kappa shape index (κ2) is 3.90. The number of imidazole rings is 1. The normalized spacial score (nSPS) is 10.7. The number of aryl methyl sites for hydroxylation is 1. The zero-order chi connectivity index (χ0) is 10.8. The molecule has 0 aromatic carbocycles. The van der Waals surface area contributed by atoms with Gasteiger partial charge in [0.1, 0.15) is 6.33 Å². The van der Waals surface area contributed by atoms with Gasteiger partial charge < -0.3 is 9.51 Å². The number of nitrogens with zero attached hydrogens (tertiary/aromatic N) is 2. The van der Waals surface area contributed by atoms with Crippen molar-refractivity contribution in [1.29, 1.82) is 0 Å². The summed E-state index contributed by atoms with van der Waals surface area (Å²) in [6, 6.07) is 3.71. The van der Waals surface area contributed by atoms with E-state index in [1.54, 1.807) is 10.7 Å². The molecule has 0 saturated heterocycles. The van der Waals surface area contributed by atoms with Gasteiger partial charge in [0.2, 0.25) is 0 Å². The zero-order valence-corrected chi connectivity index (χ0v) is 8.61. The van der Waals surface area contributed by atoms with Crippen molar-refractivity contribution in [1.82, 2.24) is 9.38 Å². The fourth-order valence-corrected chi connectivity index (χ4v) is 1.62. The third-order valence-corrected chi connectivity index (χ3v) is 2.46. The Labute approximate surface area is 91.1 Å². The van der Waals surface area contributed by atoms with Crippen molar-refractivity contribution < 1.29 is 9.90 Å². The SMILES string of the molecule is O=C(O)CCc1ccc2c(Cl)ncn2c1. The van der Waals surface area contributed by atoms with E-state index < -0.39 is 5.97 Å². The topological polar surface area (TPSA) is 54.6 Å². The van der Waals surface area contributed by atoms with Crippen LogP contribution in [0.3, 0.4) is 0 Å². The molecule has 0 aliphatic rings. The first-order valence-corrected chi connectivity index (χ1v) is 4.87. The van der Waals surface area contributed by atoms with Gasteiger partial charge in [-0.25, -0.2) is 4.98 Å². The van der Waals surface area contributed by atoms with Gasteiger partial charge in [-0.15, -0.1) is 0 Å². The standard InChI is InChI=1S/C10H9ClN2O2/c11-10-8-3-1-7(2-4-9(14)15)5-13(8)6-12-10/h1,3,5-6H,2,4H2,(H,14,15). The van der Waals surface area contributed by atoms with E-state index in [0.717, 1.165) is 11.1 Å². The highest BCUT2D eigenvalue weighted by molar-refractivity contribution is 6.32. The zero-order valence-electron chi connectivity index (χ0n) is 7.85. The van der Waals surface area contributed by atoms with Gasteiger partial charge in [-0.3, -0.25) is 4.79 Å². The van der Waals surface area contributed by atoms with Crippen LogP contribution in [0, 0.1) is 0 Å². The molecule has 2 rings (SSSR count). The molecule has 15 heavy (non-hydrogen) atoms. The van der Waals surface area contributed by atoms with Crippen molar-refractivity contribution in [3.05, 3.63) is 35.4 Å². The van der Waals surface area contributed by atoms with Gasteiger partial charge in [0.05, 0.1) is 5.52 Å². The van der Waals surface area contributed by atoms with Crippen molar-refractivity contribution in [3.63, 3.8) is 0 Å². The fourth-order valence-electron chi connectivity index (χ4n) is 1.41. The molecule has 1 N–H and O–H groups in total. The second-order valence-corrected chi connectivity index (χ2v) is 3.62. The number of pyridine rings is 1. The Hall–Kier alpha value is -1.55. The molecule has 0 radical (unpaired) electrons. The predicted octanol–water partition coefficient (Wildman–Crippen LogP) is 2.00. The number of aromatic nitrogens is 2. The monoisotopic (exact) mass is 224 g/mol. The van der Waals surface area contributed by atoms with Crippen LogP contribution in [0.5, 0.6) is 0 Å². The predicted molar refractivity (Wildman–Crippen MR) is 56.2 cm³/mol. The summed E-state index contributed by atoms with van der Waals surface area (Å²) in [4.78, 5) is 14.3. The first-order valence-electron chi connectivity index (χ1n) is 4.49. The average Bonchev–Trinajstić information content (AvgIpc) is 2.57. The Bertz CT molecular complexity index is 507. The number of aliphatic carboxylic acids is 1. The number of carboxylic acid groups (broad SMARTS) is 1. The molecule has 0 unspecified atom stereocenters. The van der Waals surface area contributed by atoms with Gasteiger partial charge in [0, 0.05) is 12.6 Å². The molecular weight excluding hydrogens is 216 g/mol. The van der Waals surface area contributed by atoms with Crippen molar-refractivity contribution in [2.24, 2.45) is 0 Å². The minimum atomic E-state index is -0.793. The number of halogens is 1. The van der Waals surface area contributed by atoms with Gasteiger partial charge in [0.25, 0.3) is 0 Å². The molecule has 0 saturated carbocycles. The molecule has 78 valence electrons. The molecular formula is C10H9ClN2O2. The van der Waals surface area contributed by atoms with Crippen molar-refractivity contribution in [2.75, 3.05) is 0 Å². The van der Waals surface area contributed by atoms with Crippen LogP contribution in [-0.4, -0.2) is 20.5 Å². The number of hydrogen-bond acceptors (Lipinski definition) is 2. The molecule has 2 aromatic heterocycles. The lowest BCUT2D eigenvalue weighted by molar-refractivity contribution is -0.136. The molecule has 2 heterocycles. The summed E-state index contributed by atoms with van der Waals surface area (Å²) in [5, 5.41) is 9.01. The van der Waals surface area contributed by atoms with Crippen molar-refractivity contribution >= 4 is 23.1 Å². The molecule has 2 aromatic rings. The molecule has 5 heteroatoms. The number of fused-ring (bicyclic) bond motifs is 1. The van der Waals surface area contributed by atoms with Gasteiger partial charge in [-0.05, 0) is 18.1 Å². The molecule has 0 aliphatic carbocycles. The van der Waals surface area contributed by atoms with Gasteiger partial charge in [0.15, 0.2) is 5.15 Å². The Morgan fingerprint density at radius 2 is 2.33 bits per heavy atom. The lowest BCUT2D eigenvalue weighted by atomic mass is 10.1. The van der Waals surface area contributed by atoms with E-state index in [4.69, 9.17) is 16.7 Å². The van der Waals surface area contributed by atoms with Crippen LogP contribution in [0.4, 0.5) is 0 Å². The highest BCUT2D eigenvalue weighted by atomic mass is 35.5. The minimum Gasteiger partial charge on any atom is -0.481 e. The fraction of sp³-hybridized carbons (Fsp3) is 0.200. The summed E-state index contributed by atoms with van der Waals surface area (Å²) in [7, 11) is 0. The number of carboxylic acids is 1. The average molecular weight is 225 g/mol. The van der Waals surface area contributed by atoms with Crippen molar-refractivity contribution in [2.45, 2.75) is 12.8 Å². The maximum Gasteiger partial charge on any atom is 0.303 e. The lowest BCUT2D eigenvalue weighted by Crippen LogP contribution is -1.98. The van der Waals surface area contributed by atoms with E-state index in [1.165, 1.54) is 0 Å². The van der Waals surface area contributed by atoms with E-state index in [-0.39, 0.29) is 6.42 Å². The maximum absolute atomic E-state index is 10.4. The maximum atomic E-state index is 10.4. The van der Waals surface area contributed by atoms with E-state index in [9.17, 15) is 4.79 Å². The third-order valence-electron chi connectivity index (χ3n) is 2.17. The third kappa shape index (κ3) is 2.10. The highest BCUT2D eigenvalue weighted by Gasteiger charge is 2.03. The van der Waals surface area contributed by atoms with Gasteiger partial charge in [-0.2, -0.15) is 0 Å². The summed E-state index contributed by atoms with van der Waals surface area (Å²) >= 11 is 5.83. The summed E-state index contributed by atoms with van der Waals surface area (Å²) in [5.41, 5.74) is 1.79. The summed E-state index contributed by atoms with van der Waals surface area (Å²) < 4.78 is 1.79. The van der Waals surface area contributed by atoms with Gasteiger partial charge >= 0.3 is 5.97 Å². The minimum absolute atomic E-state index is 0.133. The van der Waals surface area contributed by atoms with E-state index in [0.29, 0.717) is 11.6 Å². The van der Waals surface area contributed by atoms with E-state index in [1.807, 2.05) is 18.3 Å². The van der Waals surface area contributed by atoms with Crippen LogP contribution >= 0.6 is 11.6 Å². The molecule has 0 spiro atoms. The molecule has 0 atom stereocenters. The van der Waals surface area contributed by atoms with Crippen LogP contribution in [0.1, 0.15) is 12.0 Å². The molecule has 4 nitrogen and oxygen atoms in total. The quantitative estimate of drug-likeness (QED) is 0.868. The van der Waals surface area contributed by atoms with Gasteiger partial charge in [-0.1, -0.05) is 17.7 Å². The largest absolute Gasteiger partial charge is 0.481 e. The number of rotatable bonds is 3. The van der Waals surface area contributed by atoms with E-state index in [2.05, 4.69) is 4.98 Å². The Morgan fingerprint density at radius 3 is 3.07 bits per heavy atom. The molecule has 0 fully saturated rings. The Morgan fingerprint density at radius 1 is 1.53 bits per heavy atom. The lowest BCUT2D eigenvalue weighted by Gasteiger charge is -2.00. The van der Waals surface area contributed by atoms with Crippen LogP contribution in [-0.2, 0) is 11.2 Å². The first-order chi connectivity index (χ1) is 7.16.